The van der Waals surface area contributed by atoms with Gasteiger partial charge in [-0.2, -0.15) is 5.10 Å². The van der Waals surface area contributed by atoms with Crippen LogP contribution in [0.3, 0.4) is 0 Å². The first-order valence-electron chi connectivity index (χ1n) is 11.2. The van der Waals surface area contributed by atoms with Crippen molar-refractivity contribution in [3.05, 3.63) is 100 Å². The van der Waals surface area contributed by atoms with E-state index in [-0.39, 0.29) is 11.9 Å². The van der Waals surface area contributed by atoms with Crippen molar-refractivity contribution in [1.82, 2.24) is 9.91 Å². The molecule has 0 fully saturated rings. The molecule has 1 atom stereocenters. The molecule has 1 amide bonds. The molecule has 2 aliphatic heterocycles. The Kier molecular flexibility index (Phi) is 6.16. The van der Waals surface area contributed by atoms with Crippen LogP contribution in [0, 0.1) is 0 Å². The van der Waals surface area contributed by atoms with Gasteiger partial charge in [-0.1, -0.05) is 72.3 Å². The average molecular weight is 460 g/mol. The number of carbonyl (C=O) groups is 1. The van der Waals surface area contributed by atoms with Gasteiger partial charge in [-0.3, -0.25) is 9.69 Å². The zero-order chi connectivity index (χ0) is 22.8. The van der Waals surface area contributed by atoms with Gasteiger partial charge in [0.2, 0.25) is 0 Å². The Labute approximate surface area is 199 Å². The summed E-state index contributed by atoms with van der Waals surface area (Å²) in [5.41, 5.74) is 5.28. The zero-order valence-corrected chi connectivity index (χ0v) is 19.3. The van der Waals surface area contributed by atoms with Crippen LogP contribution in [0.25, 0.3) is 0 Å². The largest absolute Gasteiger partial charge is 0.496 e. The monoisotopic (exact) mass is 459 g/mol. The first kappa shape index (κ1) is 21.7. The number of halogens is 1. The minimum Gasteiger partial charge on any atom is -0.496 e. The minimum absolute atomic E-state index is 0.0210. The summed E-state index contributed by atoms with van der Waals surface area (Å²) in [7, 11) is 1.65. The molecule has 0 aromatic heterocycles. The Morgan fingerprint density at radius 3 is 2.58 bits per heavy atom. The highest BCUT2D eigenvalue weighted by Crippen LogP contribution is 2.38. The number of nitrogens with zero attached hydrogens (tertiary/aromatic N) is 3. The van der Waals surface area contributed by atoms with Crippen LogP contribution in [0.4, 0.5) is 0 Å². The third-order valence-corrected chi connectivity index (χ3v) is 6.75. The molecular formula is C27H26ClN3O2. The molecule has 3 aromatic carbocycles. The Hall–Kier alpha value is -3.15. The molecule has 0 spiro atoms. The molecule has 0 aliphatic carbocycles. The SMILES string of the molecule is COc1ccccc1C1CC(c2ccccc2Cl)=NN1C(=O)CN1CCc2ccccc2C1. The van der Waals surface area contributed by atoms with Crippen LogP contribution in [-0.2, 0) is 17.8 Å². The van der Waals surface area contributed by atoms with E-state index in [0.29, 0.717) is 18.0 Å². The van der Waals surface area contributed by atoms with Crippen molar-refractivity contribution in [3.63, 3.8) is 0 Å². The van der Waals surface area contributed by atoms with Crippen LogP contribution >= 0.6 is 11.6 Å². The van der Waals surface area contributed by atoms with Crippen molar-refractivity contribution in [2.45, 2.75) is 25.4 Å². The van der Waals surface area contributed by atoms with Crippen LogP contribution in [0.15, 0.2) is 77.9 Å². The first-order chi connectivity index (χ1) is 16.1. The molecule has 0 N–H and O–H groups in total. The second-order valence-corrected chi connectivity index (χ2v) is 8.86. The van der Waals surface area contributed by atoms with Crippen LogP contribution in [0.1, 0.15) is 34.7 Å². The normalized spacial score (nSPS) is 18.1. The summed E-state index contributed by atoms with van der Waals surface area (Å²) in [5.74, 6) is 0.732. The lowest BCUT2D eigenvalue weighted by atomic mass is 9.97. The summed E-state index contributed by atoms with van der Waals surface area (Å²) in [5, 5.41) is 7.07. The van der Waals surface area contributed by atoms with E-state index in [4.69, 9.17) is 21.4 Å². The Bertz CT molecular complexity index is 1210. The highest BCUT2D eigenvalue weighted by atomic mass is 35.5. The van der Waals surface area contributed by atoms with E-state index in [2.05, 4.69) is 29.2 Å². The molecular weight excluding hydrogens is 434 g/mol. The van der Waals surface area contributed by atoms with Gasteiger partial charge in [0.25, 0.3) is 5.91 Å². The fourth-order valence-electron chi connectivity index (χ4n) is 4.74. The number of fused-ring (bicyclic) bond motifs is 1. The van der Waals surface area contributed by atoms with Gasteiger partial charge in [-0.05, 0) is 29.7 Å². The fraction of sp³-hybridized carbons (Fsp3) is 0.259. The molecule has 2 heterocycles. The highest BCUT2D eigenvalue weighted by molar-refractivity contribution is 6.34. The molecule has 1 unspecified atom stereocenters. The van der Waals surface area contributed by atoms with Gasteiger partial charge < -0.3 is 4.74 Å². The number of para-hydroxylation sites is 1. The summed E-state index contributed by atoms with van der Waals surface area (Å²) in [6.07, 6.45) is 1.53. The van der Waals surface area contributed by atoms with Gasteiger partial charge in [0.15, 0.2) is 0 Å². The predicted octanol–water partition coefficient (Wildman–Crippen LogP) is 5.08. The smallest absolute Gasteiger partial charge is 0.257 e. The molecule has 6 heteroatoms. The van der Waals surface area contributed by atoms with Crippen LogP contribution in [0.2, 0.25) is 5.02 Å². The molecule has 5 rings (SSSR count). The second kappa shape index (κ2) is 9.38. The molecule has 0 radical (unpaired) electrons. The van der Waals surface area contributed by atoms with Gasteiger partial charge in [0.05, 0.1) is 25.4 Å². The molecule has 5 nitrogen and oxygen atoms in total. The average Bonchev–Trinajstić information content (AvgIpc) is 3.29. The Morgan fingerprint density at radius 2 is 1.76 bits per heavy atom. The third kappa shape index (κ3) is 4.39. The number of carbonyl (C=O) groups excluding carboxylic acids is 1. The number of hydrogen-bond donors (Lipinski definition) is 0. The van der Waals surface area contributed by atoms with Crippen LogP contribution < -0.4 is 4.74 Å². The van der Waals surface area contributed by atoms with Crippen molar-refractivity contribution in [3.8, 4) is 5.75 Å². The van der Waals surface area contributed by atoms with Crippen molar-refractivity contribution in [2.24, 2.45) is 5.10 Å². The Balaban J connectivity index is 1.43. The van der Waals surface area contributed by atoms with E-state index in [1.165, 1.54) is 11.1 Å². The second-order valence-electron chi connectivity index (χ2n) is 8.46. The maximum atomic E-state index is 13.6. The topological polar surface area (TPSA) is 45.1 Å². The fourth-order valence-corrected chi connectivity index (χ4v) is 4.98. The van der Waals surface area contributed by atoms with Crippen molar-refractivity contribution in [2.75, 3.05) is 20.2 Å². The first-order valence-corrected chi connectivity index (χ1v) is 11.6. The van der Waals surface area contributed by atoms with Crippen LogP contribution in [-0.4, -0.2) is 41.7 Å². The summed E-state index contributed by atoms with van der Waals surface area (Å²) in [6.45, 7) is 1.95. The van der Waals surface area contributed by atoms with E-state index < -0.39 is 0 Å². The summed E-state index contributed by atoms with van der Waals surface area (Å²) in [6, 6.07) is 23.7. The van der Waals surface area contributed by atoms with E-state index in [0.717, 1.165) is 42.1 Å². The maximum absolute atomic E-state index is 13.6. The molecule has 2 aliphatic rings. The summed E-state index contributed by atoms with van der Waals surface area (Å²) < 4.78 is 5.61. The number of hydrazone groups is 1. The van der Waals surface area contributed by atoms with E-state index >= 15 is 0 Å². The van der Waals surface area contributed by atoms with Crippen molar-refractivity contribution < 1.29 is 9.53 Å². The minimum atomic E-state index is -0.239. The molecule has 0 bridgehead atoms. The standard InChI is InChI=1S/C27H26ClN3O2/c1-33-26-13-7-5-11-22(26)25-16-24(21-10-4-6-12-23(21)28)29-31(25)27(32)18-30-15-14-19-8-2-3-9-20(19)17-30/h2-13,25H,14-18H2,1H3. The lowest BCUT2D eigenvalue weighted by Crippen LogP contribution is -2.40. The molecule has 3 aromatic rings. The zero-order valence-electron chi connectivity index (χ0n) is 18.6. The molecule has 0 saturated carbocycles. The van der Waals surface area contributed by atoms with Gasteiger partial charge in [-0.15, -0.1) is 0 Å². The number of amides is 1. The van der Waals surface area contributed by atoms with Gasteiger partial charge in [0.1, 0.15) is 5.75 Å². The molecule has 33 heavy (non-hydrogen) atoms. The lowest BCUT2D eigenvalue weighted by molar-refractivity contribution is -0.134. The van der Waals surface area contributed by atoms with Gasteiger partial charge >= 0.3 is 0 Å². The van der Waals surface area contributed by atoms with E-state index in [9.17, 15) is 4.79 Å². The highest BCUT2D eigenvalue weighted by Gasteiger charge is 2.36. The number of methoxy groups -OCH3 is 1. The number of ether oxygens (including phenoxy) is 1. The number of rotatable bonds is 5. The quantitative estimate of drug-likeness (QED) is 0.534. The predicted molar refractivity (Wildman–Crippen MR) is 131 cm³/mol. The lowest BCUT2D eigenvalue weighted by Gasteiger charge is -2.30. The van der Waals surface area contributed by atoms with Gasteiger partial charge in [0, 0.05) is 35.7 Å². The van der Waals surface area contributed by atoms with Crippen molar-refractivity contribution in [1.29, 1.82) is 0 Å². The maximum Gasteiger partial charge on any atom is 0.257 e. The summed E-state index contributed by atoms with van der Waals surface area (Å²) >= 11 is 6.47. The molecule has 168 valence electrons. The third-order valence-electron chi connectivity index (χ3n) is 6.42. The van der Waals surface area contributed by atoms with Crippen molar-refractivity contribution >= 4 is 23.2 Å². The summed E-state index contributed by atoms with van der Waals surface area (Å²) in [4.78, 5) is 15.8. The number of benzene rings is 3. The van der Waals surface area contributed by atoms with Crippen LogP contribution in [0.5, 0.6) is 5.75 Å². The van der Waals surface area contributed by atoms with E-state index in [1.807, 2.05) is 48.5 Å². The van der Waals surface area contributed by atoms with Gasteiger partial charge in [-0.25, -0.2) is 5.01 Å². The van der Waals surface area contributed by atoms with E-state index in [1.54, 1.807) is 12.1 Å². The number of hydrogen-bond acceptors (Lipinski definition) is 4. The molecule has 0 saturated heterocycles. The Morgan fingerprint density at radius 1 is 1.03 bits per heavy atom.